The van der Waals surface area contributed by atoms with Gasteiger partial charge in [0.05, 0.1) is 226 Å². The number of thioether (sulfide) groups is 1. The Hall–Kier alpha value is -7.11. The lowest BCUT2D eigenvalue weighted by Gasteiger charge is -2.42. The fourth-order valence-corrected chi connectivity index (χ4v) is 10.9. The fourth-order valence-electron chi connectivity index (χ4n) is 9.83. The monoisotopic (exact) mass is 1500 g/mol. The maximum Gasteiger partial charge on any atom is 0.304 e. The number of hydrogen-bond donors (Lipinski definition) is 10. The number of Topliss-reactive ketones (excluding diaryl/α,β-unsaturated/α-hetero) is 1. The van der Waals surface area contributed by atoms with Gasteiger partial charge in [-0.2, -0.15) is 0 Å². The van der Waals surface area contributed by atoms with Crippen LogP contribution in [-0.4, -0.2) is 313 Å². The van der Waals surface area contributed by atoms with E-state index in [9.17, 15) is 58.5 Å². The number of ketones is 1. The van der Waals surface area contributed by atoms with E-state index in [0.29, 0.717) is 162 Å². The molecule has 2 fully saturated rings. The average molecular weight is 1500 g/mol. The second-order valence-corrected chi connectivity index (χ2v) is 24.7. The van der Waals surface area contributed by atoms with Crippen molar-refractivity contribution in [2.75, 3.05) is 209 Å². The maximum atomic E-state index is 13.0. The van der Waals surface area contributed by atoms with E-state index in [-0.39, 0.29) is 124 Å². The first-order valence-electron chi connectivity index (χ1n) is 34.8. The van der Waals surface area contributed by atoms with E-state index in [1.165, 1.54) is 23.9 Å². The number of hydrogen-bond acceptors (Lipinski definition) is 27. The van der Waals surface area contributed by atoms with Crippen molar-refractivity contribution in [3.8, 4) is 5.75 Å². The van der Waals surface area contributed by atoms with Crippen molar-refractivity contribution in [1.29, 1.82) is 0 Å². The third kappa shape index (κ3) is 40.4. The number of anilines is 1. The van der Waals surface area contributed by atoms with Crippen molar-refractivity contribution in [3.05, 3.63) is 54.1 Å². The van der Waals surface area contributed by atoms with Crippen molar-refractivity contribution in [2.24, 2.45) is 28.3 Å². The number of aliphatic hydroxyl groups excluding tert-OH is 2. The summed E-state index contributed by atoms with van der Waals surface area (Å²) in [5.41, 5.74) is 11.6. The van der Waals surface area contributed by atoms with Gasteiger partial charge in [0.25, 0.3) is 5.91 Å². The van der Waals surface area contributed by atoms with E-state index in [1.54, 1.807) is 50.2 Å². The summed E-state index contributed by atoms with van der Waals surface area (Å²) in [5.74, 6) is -5.78. The highest BCUT2D eigenvalue weighted by molar-refractivity contribution is 8.00. The molecule has 2 aromatic carbocycles. The summed E-state index contributed by atoms with van der Waals surface area (Å²) in [4.78, 5) is 117. The van der Waals surface area contributed by atoms with Gasteiger partial charge in [-0.15, -0.1) is 11.8 Å². The highest BCUT2D eigenvalue weighted by Crippen LogP contribution is 2.28. The van der Waals surface area contributed by atoms with Crippen LogP contribution in [0.25, 0.3) is 0 Å². The molecule has 0 radical (unpaired) electrons. The van der Waals surface area contributed by atoms with Crippen LogP contribution in [0.15, 0.2) is 53.5 Å². The highest BCUT2D eigenvalue weighted by Gasteiger charge is 2.42. The Balaban J connectivity index is 0.798. The number of aliphatic hydroxyl groups is 2. The minimum absolute atomic E-state index is 0.00902. The Morgan fingerprint density at radius 3 is 1.61 bits per heavy atom. The van der Waals surface area contributed by atoms with Gasteiger partial charge in [0.2, 0.25) is 35.4 Å². The van der Waals surface area contributed by atoms with Gasteiger partial charge in [-0.05, 0) is 49.4 Å². The molecule has 12 N–H and O–H groups in total. The SMILES string of the molecule is C[C@H]1[C@H](O)[C@@H](NC(=O)CCSC2CC(=O)N(CCC(=O)NCCOCCOCCOCCOCCOCCOCCOCCOCCOCCOCCOCCOCCC(=O)NCCOc3ccc(NC(=O)[C@H](CC(=O)O)CC(=O)CNC(=O)c4cccc(N=C(N)N)c4)cc3)C2=O)[C@H](C)O[C@@H]1CO. The van der Waals surface area contributed by atoms with Gasteiger partial charge < -0.3 is 120 Å². The zero-order valence-corrected chi connectivity index (χ0v) is 60.3. The predicted molar refractivity (Wildman–Crippen MR) is 376 cm³/mol. The lowest BCUT2D eigenvalue weighted by molar-refractivity contribution is -0.161. The summed E-state index contributed by atoms with van der Waals surface area (Å²) in [6, 6.07) is 11.7. The molecule has 2 heterocycles. The molecule has 2 aliphatic rings. The van der Waals surface area contributed by atoms with E-state index in [0.717, 1.165) is 4.90 Å². The van der Waals surface area contributed by atoms with E-state index < -0.39 is 78.5 Å². The number of guanidine groups is 1. The van der Waals surface area contributed by atoms with Crippen LogP contribution in [0.4, 0.5) is 11.4 Å². The van der Waals surface area contributed by atoms with Crippen LogP contribution < -0.4 is 42.8 Å². The maximum absolute atomic E-state index is 13.0. The summed E-state index contributed by atoms with van der Waals surface area (Å²) in [5, 5.41) is 42.2. The number of aliphatic carboxylic acids is 1. The molecule has 0 bridgehead atoms. The van der Waals surface area contributed by atoms with E-state index in [4.69, 9.17) is 77.8 Å². The molecule has 7 atom stereocenters. The summed E-state index contributed by atoms with van der Waals surface area (Å²) >= 11 is 1.20. The average Bonchev–Trinajstić information content (AvgIpc) is 1.14. The molecule has 7 amide bonds. The number of imide groups is 1. The van der Waals surface area contributed by atoms with E-state index in [1.807, 2.05) is 0 Å². The van der Waals surface area contributed by atoms with Crippen molar-refractivity contribution >= 4 is 82.2 Å². The Morgan fingerprint density at radius 1 is 0.615 bits per heavy atom. The second kappa shape index (κ2) is 55.4. The van der Waals surface area contributed by atoms with E-state index >= 15 is 0 Å². The standard InChI is InChI=1S/C68H107N9O26S/c1-48-56(47-78)103-49(2)63(64(48)86)76-60(82)12-41-104-57-45-61(83)77(67(57)89)15-10-58(80)71-13-17-91-20-22-93-24-26-95-28-30-97-32-34-99-36-38-101-40-39-100-37-35-98-33-31-96-29-27-94-25-23-92-21-19-90-16-11-59(81)72-14-18-102-55-8-6-52(7-9-55)74-66(88)51(44-62(84)85)43-54(79)46-73-65(87)50-4-3-5-53(42-50)75-68(69)70/h3-9,42,48-49,51,56-57,63-64,78,86H,10-41,43-47H2,1-2H3,(H,71,80)(H,72,81)(H,73,87)(H,74,88)(H,76,82)(H,84,85)(H4,69,70,75)/t48-,49+,51+,56-,57?,63+,64+/m1/s1. The number of aliphatic imine (C=N–C) groups is 1. The first kappa shape index (κ1) is 89.3. The van der Waals surface area contributed by atoms with Crippen molar-refractivity contribution in [3.63, 3.8) is 0 Å². The van der Waals surface area contributed by atoms with Crippen LogP contribution in [0, 0.1) is 11.8 Å². The first-order valence-corrected chi connectivity index (χ1v) is 35.8. The summed E-state index contributed by atoms with van der Waals surface area (Å²) in [6.45, 7) is 12.5. The first-order chi connectivity index (χ1) is 50.3. The number of nitrogens with one attached hydrogen (secondary N) is 5. The zero-order chi connectivity index (χ0) is 75.4. The van der Waals surface area contributed by atoms with Crippen LogP contribution in [0.2, 0.25) is 0 Å². The van der Waals surface area contributed by atoms with Crippen LogP contribution in [0.1, 0.15) is 62.7 Å². The number of likely N-dealkylation sites (tertiary alicyclic amines) is 1. The Bertz CT molecular complexity index is 2850. The number of rotatable bonds is 62. The second-order valence-electron chi connectivity index (χ2n) is 23.4. The third-order valence-corrected chi connectivity index (χ3v) is 16.5. The van der Waals surface area contributed by atoms with Gasteiger partial charge >= 0.3 is 5.97 Å². The number of carboxylic acid groups (broad SMARTS) is 1. The van der Waals surface area contributed by atoms with Gasteiger partial charge in [0.15, 0.2) is 11.7 Å². The molecule has 4 rings (SSSR count). The third-order valence-electron chi connectivity index (χ3n) is 15.3. The van der Waals surface area contributed by atoms with Crippen molar-refractivity contribution in [2.45, 2.75) is 82.0 Å². The molecule has 2 aromatic rings. The van der Waals surface area contributed by atoms with Gasteiger partial charge in [-0.25, -0.2) is 4.99 Å². The number of amides is 7. The Labute approximate surface area is 610 Å². The minimum atomic E-state index is -1.28. The number of benzene rings is 2. The molecule has 0 aromatic heterocycles. The molecule has 0 spiro atoms. The quantitative estimate of drug-likeness (QED) is 0.0166. The normalized spacial score (nSPS) is 17.5. The highest BCUT2D eigenvalue weighted by atomic mass is 32.2. The zero-order valence-electron chi connectivity index (χ0n) is 59.5. The molecule has 36 heteroatoms. The van der Waals surface area contributed by atoms with Crippen LogP contribution in [-0.2, 0) is 99.9 Å². The van der Waals surface area contributed by atoms with Crippen molar-refractivity contribution < 1.29 is 125 Å². The number of ether oxygens (including phenoxy) is 14. The van der Waals surface area contributed by atoms with Gasteiger partial charge in [-0.1, -0.05) is 13.0 Å². The largest absolute Gasteiger partial charge is 0.492 e. The molecule has 0 saturated carbocycles. The molecular weight excluding hydrogens is 1390 g/mol. The number of carbonyl (C=O) groups is 9. The van der Waals surface area contributed by atoms with Crippen LogP contribution in [0.3, 0.4) is 0 Å². The number of carboxylic acids is 1. The molecule has 2 aliphatic heterocycles. The number of nitrogens with two attached hydrogens (primary N) is 2. The topological polar surface area (TPSA) is 471 Å². The molecule has 35 nitrogen and oxygen atoms in total. The molecule has 2 saturated heterocycles. The molecule has 104 heavy (non-hydrogen) atoms. The summed E-state index contributed by atoms with van der Waals surface area (Å²) in [7, 11) is 0. The number of carbonyl (C=O) groups excluding carboxylic acids is 8. The van der Waals surface area contributed by atoms with Crippen LogP contribution in [0.5, 0.6) is 5.75 Å². The van der Waals surface area contributed by atoms with Gasteiger partial charge in [0.1, 0.15) is 12.4 Å². The number of nitrogens with zero attached hydrogens (tertiary/aromatic N) is 2. The van der Waals surface area contributed by atoms with Crippen molar-refractivity contribution in [1.82, 2.24) is 26.2 Å². The van der Waals surface area contributed by atoms with Gasteiger partial charge in [0, 0.05) is 68.1 Å². The summed E-state index contributed by atoms with van der Waals surface area (Å²) in [6.07, 6.45) is -2.80. The van der Waals surface area contributed by atoms with E-state index in [2.05, 4.69) is 31.6 Å². The summed E-state index contributed by atoms with van der Waals surface area (Å²) < 4.78 is 77.5. The molecule has 586 valence electrons. The Kier molecular flexibility index (Phi) is 47.5. The predicted octanol–water partition coefficient (Wildman–Crippen LogP) is -0.887. The smallest absolute Gasteiger partial charge is 0.304 e. The molecular formula is C68H107N9O26S. The Morgan fingerprint density at radius 2 is 1.11 bits per heavy atom. The minimum Gasteiger partial charge on any atom is -0.492 e. The van der Waals surface area contributed by atoms with Gasteiger partial charge in [-0.3, -0.25) is 48.1 Å². The van der Waals surface area contributed by atoms with Crippen LogP contribution >= 0.6 is 11.8 Å². The molecule has 1 unspecified atom stereocenters. The lowest BCUT2D eigenvalue weighted by Crippen LogP contribution is -2.60. The fraction of sp³-hybridized carbons (Fsp3) is 0.676. The molecule has 0 aliphatic carbocycles. The lowest BCUT2D eigenvalue weighted by atomic mass is 9.87.